The Bertz CT molecular complexity index is 918. The summed E-state index contributed by atoms with van der Waals surface area (Å²) in [5.74, 6) is -0.314. The number of methoxy groups -OCH3 is 1. The third kappa shape index (κ3) is 3.02. The molecule has 2 aliphatic rings. The van der Waals surface area contributed by atoms with Gasteiger partial charge in [-0.2, -0.15) is 0 Å². The number of nitrogens with zero attached hydrogens (tertiary/aromatic N) is 3. The Morgan fingerprint density at radius 2 is 2.04 bits per heavy atom. The molecule has 3 heterocycles. The van der Waals surface area contributed by atoms with Crippen LogP contribution in [-0.4, -0.2) is 52.7 Å². The van der Waals surface area contributed by atoms with Crippen molar-refractivity contribution in [3.05, 3.63) is 28.7 Å². The Morgan fingerprint density at radius 3 is 2.78 bits per heavy atom. The Labute approximate surface area is 157 Å². The second kappa shape index (κ2) is 7.01. The molecule has 2 unspecified atom stereocenters. The molecule has 2 saturated heterocycles. The third-order valence-corrected chi connectivity index (χ3v) is 5.77. The summed E-state index contributed by atoms with van der Waals surface area (Å²) in [5.41, 5.74) is 2.35. The number of aromatic nitrogens is 2. The van der Waals surface area contributed by atoms with Gasteiger partial charge in [0.05, 0.1) is 22.8 Å². The normalized spacial score (nSPS) is 26.4. The van der Waals surface area contributed by atoms with Gasteiger partial charge in [0.1, 0.15) is 12.3 Å². The van der Waals surface area contributed by atoms with E-state index in [-0.39, 0.29) is 17.7 Å². The summed E-state index contributed by atoms with van der Waals surface area (Å²) in [4.78, 5) is 27.7. The number of carbonyl (C=O) groups is 1. The highest BCUT2D eigenvalue weighted by atomic mass is 16.5. The molecule has 8 nitrogen and oxygen atoms in total. The average molecular weight is 374 g/mol. The lowest BCUT2D eigenvalue weighted by molar-refractivity contribution is -0.130. The van der Waals surface area contributed by atoms with E-state index in [0.29, 0.717) is 12.8 Å². The molecule has 0 bridgehead atoms. The zero-order valence-electron chi connectivity index (χ0n) is 15.7. The second-order valence-electron chi connectivity index (χ2n) is 7.42. The fourth-order valence-corrected chi connectivity index (χ4v) is 4.35. The van der Waals surface area contributed by atoms with Crippen molar-refractivity contribution in [1.82, 2.24) is 14.5 Å². The highest BCUT2D eigenvalue weighted by Crippen LogP contribution is 2.31. The number of hydrogen-bond acceptors (Lipinski definition) is 5. The number of anilines is 1. The summed E-state index contributed by atoms with van der Waals surface area (Å²) in [7, 11) is 3.48. The number of aliphatic hydroxyl groups is 1. The summed E-state index contributed by atoms with van der Waals surface area (Å²) in [5, 5.41) is 12.2. The second-order valence-corrected chi connectivity index (χ2v) is 7.42. The van der Waals surface area contributed by atoms with Gasteiger partial charge in [-0.25, -0.2) is 4.79 Å². The number of nitrogens with one attached hydrogen (secondary N) is 1. The van der Waals surface area contributed by atoms with E-state index in [1.807, 2.05) is 18.2 Å². The maximum Gasteiger partial charge on any atom is 0.329 e. The van der Waals surface area contributed by atoms with Crippen molar-refractivity contribution < 1.29 is 14.6 Å². The van der Waals surface area contributed by atoms with Crippen LogP contribution in [0.15, 0.2) is 23.0 Å². The molecule has 0 saturated carbocycles. The Balaban J connectivity index is 1.81. The molecular weight excluding hydrogens is 348 g/mol. The average Bonchev–Trinajstić information content (AvgIpc) is 2.93. The number of hydrogen-bond donors (Lipinski definition) is 2. The number of rotatable bonds is 3. The summed E-state index contributed by atoms with van der Waals surface area (Å²) < 4.78 is 8.73. The van der Waals surface area contributed by atoms with Gasteiger partial charge in [0.2, 0.25) is 5.91 Å². The van der Waals surface area contributed by atoms with Gasteiger partial charge in [-0.15, -0.1) is 0 Å². The van der Waals surface area contributed by atoms with Crippen LogP contribution in [-0.2, 0) is 16.6 Å². The van der Waals surface area contributed by atoms with Crippen LogP contribution in [0, 0.1) is 0 Å². The number of benzene rings is 1. The van der Waals surface area contributed by atoms with Crippen LogP contribution in [0.1, 0.15) is 31.7 Å². The molecule has 2 aromatic rings. The van der Waals surface area contributed by atoms with Gasteiger partial charge < -0.3 is 20.1 Å². The molecule has 27 heavy (non-hydrogen) atoms. The number of ether oxygens (including phenoxy) is 1. The van der Waals surface area contributed by atoms with Crippen LogP contribution >= 0.6 is 0 Å². The van der Waals surface area contributed by atoms with Gasteiger partial charge in [0.25, 0.3) is 0 Å². The molecule has 3 atom stereocenters. The summed E-state index contributed by atoms with van der Waals surface area (Å²) in [6.07, 6.45) is 2.28. The van der Waals surface area contributed by atoms with Crippen molar-refractivity contribution in [2.24, 2.45) is 7.05 Å². The van der Waals surface area contributed by atoms with Crippen molar-refractivity contribution in [3.8, 4) is 0 Å². The largest absolute Gasteiger partial charge is 0.380 e. The van der Waals surface area contributed by atoms with Crippen LogP contribution in [0.2, 0.25) is 0 Å². The molecule has 2 fully saturated rings. The van der Waals surface area contributed by atoms with E-state index in [0.717, 1.165) is 42.7 Å². The minimum atomic E-state index is -0.839. The number of piperidine rings is 2. The molecule has 0 spiro atoms. The van der Waals surface area contributed by atoms with Crippen LogP contribution in [0.4, 0.5) is 5.69 Å². The fraction of sp³-hybridized carbons (Fsp3) is 0.579. The smallest absolute Gasteiger partial charge is 0.329 e. The van der Waals surface area contributed by atoms with E-state index in [4.69, 9.17) is 4.74 Å². The van der Waals surface area contributed by atoms with Crippen molar-refractivity contribution >= 4 is 22.6 Å². The molecule has 1 aromatic heterocycles. The molecule has 0 aliphatic carbocycles. The van der Waals surface area contributed by atoms with E-state index in [1.165, 1.54) is 0 Å². The first-order chi connectivity index (χ1) is 13.0. The maximum absolute atomic E-state index is 13.0. The first-order valence-electron chi connectivity index (χ1n) is 9.47. The quantitative estimate of drug-likeness (QED) is 0.827. The summed E-state index contributed by atoms with van der Waals surface area (Å²) >= 11 is 0. The molecule has 8 heteroatoms. The molecule has 146 valence electrons. The molecule has 1 aromatic carbocycles. The lowest BCUT2D eigenvalue weighted by Crippen LogP contribution is -2.46. The predicted molar refractivity (Wildman–Crippen MR) is 102 cm³/mol. The predicted octanol–water partition coefficient (Wildman–Crippen LogP) is 0.725. The summed E-state index contributed by atoms with van der Waals surface area (Å²) in [6.45, 7) is 1.69. The third-order valence-electron chi connectivity index (χ3n) is 5.77. The van der Waals surface area contributed by atoms with Crippen molar-refractivity contribution in [2.45, 2.75) is 44.1 Å². The van der Waals surface area contributed by atoms with Gasteiger partial charge >= 0.3 is 5.69 Å². The fourth-order valence-electron chi connectivity index (χ4n) is 4.35. The standard InChI is InChI=1S/C19H26N4O4/c1-21-17-13(22-10-4-5-12(11-22)27-2)6-3-7-14(17)23(19(21)26)15-8-9-16(24)20-18(15)25/h3,6-7,12,15-16,24H,4-5,8-11H2,1-2H3,(H,20,25)/t12-,15?,16?/m1/s1. The van der Waals surface area contributed by atoms with Gasteiger partial charge in [-0.05, 0) is 37.8 Å². The topological polar surface area (TPSA) is 88.7 Å². The lowest BCUT2D eigenvalue weighted by atomic mass is 10.0. The van der Waals surface area contributed by atoms with E-state index < -0.39 is 12.3 Å². The molecule has 4 rings (SSSR count). The molecule has 1 amide bonds. The first kappa shape index (κ1) is 18.1. The van der Waals surface area contributed by atoms with Crippen molar-refractivity contribution in [3.63, 3.8) is 0 Å². The van der Waals surface area contributed by atoms with Crippen LogP contribution in [0.5, 0.6) is 0 Å². The Hall–Kier alpha value is -2.32. The van der Waals surface area contributed by atoms with E-state index >= 15 is 0 Å². The number of fused-ring (bicyclic) bond motifs is 1. The molecule has 0 radical (unpaired) electrons. The summed E-state index contributed by atoms with van der Waals surface area (Å²) in [6, 6.07) is 5.23. The van der Waals surface area contributed by atoms with Crippen LogP contribution < -0.4 is 15.9 Å². The molecule has 2 aliphatic heterocycles. The minimum Gasteiger partial charge on any atom is -0.380 e. The number of imidazole rings is 1. The zero-order chi connectivity index (χ0) is 19.1. The number of aryl methyl sites for hydroxylation is 1. The Kier molecular flexibility index (Phi) is 4.69. The lowest BCUT2D eigenvalue weighted by Gasteiger charge is -2.34. The van der Waals surface area contributed by atoms with Crippen LogP contribution in [0.3, 0.4) is 0 Å². The number of aliphatic hydroxyl groups excluding tert-OH is 1. The zero-order valence-corrected chi connectivity index (χ0v) is 15.7. The van der Waals surface area contributed by atoms with Gasteiger partial charge in [0, 0.05) is 27.2 Å². The van der Waals surface area contributed by atoms with Crippen molar-refractivity contribution in [2.75, 3.05) is 25.1 Å². The molecular formula is C19H26N4O4. The van der Waals surface area contributed by atoms with Crippen molar-refractivity contribution in [1.29, 1.82) is 0 Å². The highest BCUT2D eigenvalue weighted by molar-refractivity contribution is 5.91. The first-order valence-corrected chi connectivity index (χ1v) is 9.47. The number of para-hydroxylation sites is 1. The van der Waals surface area contributed by atoms with E-state index in [9.17, 15) is 14.7 Å². The maximum atomic E-state index is 13.0. The monoisotopic (exact) mass is 374 g/mol. The highest BCUT2D eigenvalue weighted by Gasteiger charge is 2.32. The Morgan fingerprint density at radius 1 is 1.22 bits per heavy atom. The van der Waals surface area contributed by atoms with E-state index in [2.05, 4.69) is 10.2 Å². The minimum absolute atomic E-state index is 0.179. The van der Waals surface area contributed by atoms with Crippen LogP contribution in [0.25, 0.3) is 11.0 Å². The SMILES string of the molecule is CO[C@@H]1CCCN(c2cccc3c2n(C)c(=O)n3C2CCC(O)NC2=O)C1. The van der Waals surface area contributed by atoms with E-state index in [1.54, 1.807) is 23.3 Å². The number of amides is 1. The van der Waals surface area contributed by atoms with Gasteiger partial charge in [-0.1, -0.05) is 6.07 Å². The molecule has 2 N–H and O–H groups in total. The van der Waals surface area contributed by atoms with Gasteiger partial charge in [0.15, 0.2) is 0 Å². The van der Waals surface area contributed by atoms with Gasteiger partial charge in [-0.3, -0.25) is 13.9 Å². The number of carbonyl (C=O) groups excluding carboxylic acids is 1.